The molecule has 69 heavy (non-hydrogen) atoms. The minimum Gasteiger partial charge on any atom is -0.489 e. The van der Waals surface area contributed by atoms with E-state index in [4.69, 9.17) is 9.47 Å². The molecule has 0 aliphatic carbocycles. The van der Waals surface area contributed by atoms with Crippen LogP contribution in [0.15, 0.2) is 116 Å². The molecule has 10 rings (SSSR count). The van der Waals surface area contributed by atoms with E-state index in [0.717, 1.165) is 135 Å². The number of aromatic nitrogens is 2. The molecule has 0 atom stereocenters. The molecular formula is C54H63N11O4. The van der Waals surface area contributed by atoms with Crippen LogP contribution in [0.1, 0.15) is 38.8 Å². The third-order valence-electron chi connectivity index (χ3n) is 12.8. The first kappa shape index (κ1) is 46.7. The fourth-order valence-electron chi connectivity index (χ4n) is 9.30. The number of nitrogens with one attached hydrogen (secondary N) is 4. The molecule has 4 aliphatic heterocycles. The summed E-state index contributed by atoms with van der Waals surface area (Å²) in [5, 5.41) is 13.8. The normalized spacial score (nSPS) is 15.5. The van der Waals surface area contributed by atoms with Crippen LogP contribution < -0.4 is 45.6 Å². The van der Waals surface area contributed by atoms with E-state index in [-0.39, 0.29) is 17.9 Å². The highest BCUT2D eigenvalue weighted by molar-refractivity contribution is 5.99. The average molecular weight is 930 g/mol. The van der Waals surface area contributed by atoms with Gasteiger partial charge in [-0.3, -0.25) is 9.59 Å². The average Bonchev–Trinajstić information content (AvgIpc) is 4.00. The quantitative estimate of drug-likeness (QED) is 0.0927. The number of hydrogen-bond acceptors (Lipinski definition) is 13. The Kier molecular flexibility index (Phi) is 14.4. The van der Waals surface area contributed by atoms with E-state index < -0.39 is 0 Å². The van der Waals surface area contributed by atoms with Crippen molar-refractivity contribution < 1.29 is 19.1 Å². The lowest BCUT2D eigenvalue weighted by atomic mass is 10.1. The van der Waals surface area contributed by atoms with Gasteiger partial charge in [0.1, 0.15) is 17.4 Å². The van der Waals surface area contributed by atoms with Gasteiger partial charge in [0.2, 0.25) is 11.8 Å². The van der Waals surface area contributed by atoms with Crippen LogP contribution in [-0.4, -0.2) is 105 Å². The monoisotopic (exact) mass is 930 g/mol. The number of fused-ring (bicyclic) bond motifs is 2. The Bertz CT molecular complexity index is 2750. The number of rotatable bonds is 12. The largest absolute Gasteiger partial charge is 0.489 e. The summed E-state index contributed by atoms with van der Waals surface area (Å²) in [6, 6.07) is 34.8. The summed E-state index contributed by atoms with van der Waals surface area (Å²) in [7, 11) is 2.16. The Morgan fingerprint density at radius 2 is 1.10 bits per heavy atom. The number of nitrogens with zero attached hydrogens (tertiary/aromatic N) is 7. The van der Waals surface area contributed by atoms with E-state index in [9.17, 15) is 9.59 Å². The van der Waals surface area contributed by atoms with Crippen LogP contribution in [0, 0.1) is 0 Å². The number of para-hydroxylation sites is 2. The van der Waals surface area contributed by atoms with Gasteiger partial charge in [0.15, 0.2) is 0 Å². The van der Waals surface area contributed by atoms with Crippen molar-refractivity contribution in [1.29, 1.82) is 0 Å². The van der Waals surface area contributed by atoms with Crippen LogP contribution in [0.3, 0.4) is 0 Å². The molecule has 15 nitrogen and oxygen atoms in total. The number of likely N-dealkylation sites (N-methyl/N-ethyl adjacent to an activating group) is 1. The molecule has 0 saturated carbocycles. The summed E-state index contributed by atoms with van der Waals surface area (Å²) in [6.07, 6.45) is 5.36. The molecule has 0 spiro atoms. The second-order valence-corrected chi connectivity index (χ2v) is 18.1. The Balaban J connectivity index is 0.000000174. The van der Waals surface area contributed by atoms with Crippen LogP contribution in [0.4, 0.5) is 68.5 Å². The highest BCUT2D eigenvalue weighted by atomic mass is 16.5. The molecular weight excluding hydrogens is 867 g/mol. The maximum absolute atomic E-state index is 12.2. The van der Waals surface area contributed by atoms with Gasteiger partial charge in [0.05, 0.1) is 47.8 Å². The smallest absolute Gasteiger partial charge is 0.223 e. The highest BCUT2D eigenvalue weighted by Gasteiger charge is 2.27. The van der Waals surface area contributed by atoms with E-state index in [0.29, 0.717) is 5.82 Å². The van der Waals surface area contributed by atoms with Gasteiger partial charge in [-0.15, -0.1) is 0 Å². The van der Waals surface area contributed by atoms with E-state index in [2.05, 4.69) is 108 Å². The maximum Gasteiger partial charge on any atom is 0.223 e. The Morgan fingerprint density at radius 1 is 0.565 bits per heavy atom. The molecule has 2 amide bonds. The molecule has 0 unspecified atom stereocenters. The van der Waals surface area contributed by atoms with Crippen LogP contribution >= 0.6 is 0 Å². The zero-order valence-corrected chi connectivity index (χ0v) is 40.3. The molecule has 2 saturated heterocycles. The third kappa shape index (κ3) is 11.3. The van der Waals surface area contributed by atoms with Crippen molar-refractivity contribution in [3.8, 4) is 5.75 Å². The van der Waals surface area contributed by atoms with E-state index in [1.807, 2.05) is 72.2 Å². The molecule has 0 bridgehead atoms. The lowest BCUT2D eigenvalue weighted by Gasteiger charge is -2.34. The highest BCUT2D eigenvalue weighted by Crippen LogP contribution is 2.40. The maximum atomic E-state index is 12.2. The molecule has 4 aliphatic rings. The van der Waals surface area contributed by atoms with Gasteiger partial charge >= 0.3 is 0 Å². The number of amides is 2. The lowest BCUT2D eigenvalue weighted by Crippen LogP contribution is -2.44. The number of carbonyl (C=O) groups is 2. The van der Waals surface area contributed by atoms with Crippen molar-refractivity contribution >= 4 is 80.3 Å². The summed E-state index contributed by atoms with van der Waals surface area (Å²) >= 11 is 0. The SMILES string of the molecule is CC(=O)N1CCc2cccc(Nc3ccnc(Nc4ccc(N5CCN(C)CC5)cc4OC(C)C)c3)c21.CC(=O)N1CCc2cccc(Nc3ccnc(Nc4ccc(N5CCOCC5)cc4)c3)c21. The molecule has 6 aromatic rings. The predicted molar refractivity (Wildman–Crippen MR) is 279 cm³/mol. The number of benzene rings is 4. The fraction of sp³-hybridized carbons (Fsp3) is 0.333. The van der Waals surface area contributed by atoms with Crippen molar-refractivity contribution in [2.24, 2.45) is 0 Å². The van der Waals surface area contributed by atoms with Crippen molar-refractivity contribution in [3.05, 3.63) is 127 Å². The van der Waals surface area contributed by atoms with Crippen LogP contribution in [0.5, 0.6) is 5.75 Å². The molecule has 4 aromatic carbocycles. The first-order valence-electron chi connectivity index (χ1n) is 24.0. The molecule has 4 N–H and O–H groups in total. The van der Waals surface area contributed by atoms with Crippen molar-refractivity contribution in [3.63, 3.8) is 0 Å². The lowest BCUT2D eigenvalue weighted by molar-refractivity contribution is -0.117. The third-order valence-corrected chi connectivity index (χ3v) is 12.8. The van der Waals surface area contributed by atoms with Crippen molar-refractivity contribution in [2.45, 2.75) is 46.6 Å². The number of piperazine rings is 1. The van der Waals surface area contributed by atoms with E-state index in [1.165, 1.54) is 22.5 Å². The Hall–Kier alpha value is -7.36. The molecule has 358 valence electrons. The van der Waals surface area contributed by atoms with Gasteiger partial charge in [0.25, 0.3) is 0 Å². The van der Waals surface area contributed by atoms with Crippen LogP contribution in [-0.2, 0) is 27.2 Å². The number of carbonyl (C=O) groups excluding carboxylic acids is 2. The van der Waals surface area contributed by atoms with Crippen LogP contribution in [0.2, 0.25) is 0 Å². The minimum atomic E-state index is 0.0497. The van der Waals surface area contributed by atoms with Crippen molar-refractivity contribution in [2.75, 3.05) is 113 Å². The summed E-state index contributed by atoms with van der Waals surface area (Å²) in [5.41, 5.74) is 12.2. The number of ether oxygens (including phenoxy) is 2. The number of anilines is 12. The van der Waals surface area contributed by atoms with Gasteiger partial charge in [-0.1, -0.05) is 24.3 Å². The first-order valence-corrected chi connectivity index (χ1v) is 24.0. The number of morpholine rings is 1. The molecule has 2 fully saturated rings. The second-order valence-electron chi connectivity index (χ2n) is 18.1. The summed E-state index contributed by atoms with van der Waals surface area (Å²) < 4.78 is 11.6. The molecule has 15 heteroatoms. The van der Waals surface area contributed by atoms with Gasteiger partial charge in [-0.2, -0.15) is 0 Å². The number of hydrogen-bond donors (Lipinski definition) is 4. The van der Waals surface area contributed by atoms with E-state index in [1.54, 1.807) is 26.2 Å². The number of pyridine rings is 2. The zero-order valence-electron chi connectivity index (χ0n) is 40.3. The van der Waals surface area contributed by atoms with Gasteiger partial charge in [-0.25, -0.2) is 9.97 Å². The summed E-state index contributed by atoms with van der Waals surface area (Å²) in [5.74, 6) is 2.40. The minimum absolute atomic E-state index is 0.0497. The second kappa shape index (κ2) is 21.3. The first-order chi connectivity index (χ1) is 33.5. The van der Waals surface area contributed by atoms with Gasteiger partial charge < -0.3 is 55.2 Å². The fourth-order valence-corrected chi connectivity index (χ4v) is 9.30. The predicted octanol–water partition coefficient (Wildman–Crippen LogP) is 9.33. The van der Waals surface area contributed by atoms with Gasteiger partial charge in [0, 0.05) is 125 Å². The summed E-state index contributed by atoms with van der Waals surface area (Å²) in [4.78, 5) is 44.0. The molecule has 2 aromatic heterocycles. The molecule has 0 radical (unpaired) electrons. The van der Waals surface area contributed by atoms with Crippen molar-refractivity contribution in [1.82, 2.24) is 14.9 Å². The van der Waals surface area contributed by atoms with Gasteiger partial charge in [-0.05, 0) is 106 Å². The Labute approximate surface area is 405 Å². The van der Waals surface area contributed by atoms with Crippen LogP contribution in [0.25, 0.3) is 0 Å². The Morgan fingerprint density at radius 3 is 1.65 bits per heavy atom. The van der Waals surface area contributed by atoms with E-state index >= 15 is 0 Å². The molecule has 6 heterocycles. The topological polar surface area (TPSA) is 143 Å². The standard InChI is InChI=1S/C29H36N6O2.C25H27N5O2/c1-20(2)37-27-19-24(34-16-14-33(4)15-17-34)8-9-25(27)32-28-18-23(10-12-30-28)31-26-7-5-6-22-11-13-35(21(3)36)29(22)26;1-18(31)30-12-10-19-3-2-4-23(25(19)30)27-21-9-11-26-24(17-21)28-20-5-7-22(8-6-20)29-13-15-32-16-14-29/h5-10,12,18-20H,11,13-17H2,1-4H3,(H2,30,31,32);2-9,11,17H,10,12-16H2,1H3,(H2,26,27,28). The summed E-state index contributed by atoms with van der Waals surface area (Å²) in [6.45, 7) is 16.3. The zero-order chi connectivity index (χ0) is 47.9.